The highest BCUT2D eigenvalue weighted by molar-refractivity contribution is 7.09. The minimum absolute atomic E-state index is 0.0484. The number of hydrogen-bond acceptors (Lipinski definition) is 4. The minimum atomic E-state index is -1.38. The number of benzene rings is 1. The summed E-state index contributed by atoms with van der Waals surface area (Å²) >= 11 is 1.36. The lowest BCUT2D eigenvalue weighted by Gasteiger charge is -2.01. The lowest BCUT2D eigenvalue weighted by Crippen LogP contribution is -2.21. The van der Waals surface area contributed by atoms with E-state index >= 15 is 0 Å². The highest BCUT2D eigenvalue weighted by Crippen LogP contribution is 2.22. The van der Waals surface area contributed by atoms with Gasteiger partial charge in [0, 0.05) is 17.4 Å². The van der Waals surface area contributed by atoms with E-state index in [0.29, 0.717) is 5.01 Å². The van der Waals surface area contributed by atoms with E-state index in [1.807, 2.05) is 35.7 Å². The van der Waals surface area contributed by atoms with Crippen molar-refractivity contribution >= 4 is 17.3 Å². The maximum absolute atomic E-state index is 10.5. The van der Waals surface area contributed by atoms with Crippen LogP contribution in [0.4, 0.5) is 0 Å². The summed E-state index contributed by atoms with van der Waals surface area (Å²) in [6.45, 7) is 0. The van der Waals surface area contributed by atoms with Crippen LogP contribution in [0.15, 0.2) is 35.7 Å². The third-order valence-electron chi connectivity index (χ3n) is 2.27. The van der Waals surface area contributed by atoms with E-state index in [1.54, 1.807) is 0 Å². The molecule has 2 aromatic rings. The van der Waals surface area contributed by atoms with Gasteiger partial charge in [-0.2, -0.15) is 0 Å². The van der Waals surface area contributed by atoms with Crippen LogP contribution >= 0.6 is 11.3 Å². The van der Waals surface area contributed by atoms with E-state index in [4.69, 9.17) is 5.11 Å². The predicted octanol–water partition coefficient (Wildman–Crippen LogP) is 1.80. The molecule has 0 amide bonds. The lowest BCUT2D eigenvalue weighted by atomic mass is 10.2. The molecule has 0 aliphatic heterocycles. The molecule has 0 radical (unpaired) electrons. The number of rotatable bonds is 4. The Morgan fingerprint density at radius 1 is 1.35 bits per heavy atom. The van der Waals surface area contributed by atoms with Crippen LogP contribution in [-0.4, -0.2) is 27.3 Å². The third kappa shape index (κ3) is 2.89. The number of carbonyl (C=O) groups is 1. The quantitative estimate of drug-likeness (QED) is 0.866. The number of thiazole rings is 1. The van der Waals surface area contributed by atoms with Gasteiger partial charge in [0.2, 0.25) is 0 Å². The first kappa shape index (κ1) is 11.8. The fourth-order valence-electron chi connectivity index (χ4n) is 1.40. The summed E-state index contributed by atoms with van der Waals surface area (Å²) in [4.78, 5) is 14.8. The van der Waals surface area contributed by atoms with Crippen LogP contribution in [0.3, 0.4) is 0 Å². The molecule has 0 spiro atoms. The van der Waals surface area contributed by atoms with Gasteiger partial charge in [0.1, 0.15) is 0 Å². The molecular weight excluding hydrogens is 238 g/mol. The molecule has 0 aliphatic carbocycles. The van der Waals surface area contributed by atoms with E-state index in [0.717, 1.165) is 11.3 Å². The zero-order valence-electron chi connectivity index (χ0n) is 8.91. The van der Waals surface area contributed by atoms with Gasteiger partial charge >= 0.3 is 5.97 Å². The number of nitrogens with zero attached hydrogens (tertiary/aromatic N) is 1. The number of aromatic nitrogens is 1. The van der Waals surface area contributed by atoms with Crippen LogP contribution < -0.4 is 0 Å². The molecule has 0 fully saturated rings. The van der Waals surface area contributed by atoms with Crippen LogP contribution in [0.1, 0.15) is 5.01 Å². The Morgan fingerprint density at radius 2 is 2.06 bits per heavy atom. The summed E-state index contributed by atoms with van der Waals surface area (Å²) in [5, 5.41) is 20.3. The van der Waals surface area contributed by atoms with Gasteiger partial charge < -0.3 is 10.2 Å². The van der Waals surface area contributed by atoms with E-state index in [2.05, 4.69) is 4.98 Å². The molecule has 88 valence electrons. The second-order valence-electron chi connectivity index (χ2n) is 3.55. The van der Waals surface area contributed by atoms with Gasteiger partial charge in [-0.1, -0.05) is 30.3 Å². The second-order valence-corrected chi connectivity index (χ2v) is 4.49. The second kappa shape index (κ2) is 5.07. The molecular formula is C12H11NO3S. The fourth-order valence-corrected chi connectivity index (χ4v) is 2.24. The van der Waals surface area contributed by atoms with Crippen molar-refractivity contribution in [3.8, 4) is 11.3 Å². The molecule has 1 aromatic carbocycles. The molecule has 0 bridgehead atoms. The van der Waals surface area contributed by atoms with E-state index in [1.165, 1.54) is 11.3 Å². The molecule has 0 saturated heterocycles. The maximum atomic E-state index is 10.5. The van der Waals surface area contributed by atoms with Gasteiger partial charge in [-0.15, -0.1) is 11.3 Å². The number of aliphatic hydroxyl groups excluding tert-OH is 1. The van der Waals surface area contributed by atoms with Crippen molar-refractivity contribution < 1.29 is 15.0 Å². The zero-order valence-corrected chi connectivity index (χ0v) is 9.72. The van der Waals surface area contributed by atoms with Crippen LogP contribution in [0.25, 0.3) is 11.3 Å². The number of carboxylic acid groups (broad SMARTS) is 1. The molecule has 5 heteroatoms. The minimum Gasteiger partial charge on any atom is -0.479 e. The predicted molar refractivity (Wildman–Crippen MR) is 64.9 cm³/mol. The maximum Gasteiger partial charge on any atom is 0.332 e. The summed E-state index contributed by atoms with van der Waals surface area (Å²) in [6, 6.07) is 9.63. The molecule has 1 atom stereocenters. The van der Waals surface area contributed by atoms with Gasteiger partial charge in [0.05, 0.1) is 10.7 Å². The highest BCUT2D eigenvalue weighted by Gasteiger charge is 2.16. The van der Waals surface area contributed by atoms with Crippen LogP contribution in [-0.2, 0) is 11.2 Å². The van der Waals surface area contributed by atoms with Crippen LogP contribution in [0.5, 0.6) is 0 Å². The lowest BCUT2D eigenvalue weighted by molar-refractivity contribution is -0.146. The van der Waals surface area contributed by atoms with Crippen molar-refractivity contribution in [1.82, 2.24) is 4.98 Å². The van der Waals surface area contributed by atoms with Crippen molar-refractivity contribution in [2.75, 3.05) is 0 Å². The number of aliphatic hydroxyl groups is 1. The number of hydrogen-bond donors (Lipinski definition) is 2. The Bertz CT molecular complexity index is 509. The van der Waals surface area contributed by atoms with Crippen molar-refractivity contribution in [1.29, 1.82) is 0 Å². The Morgan fingerprint density at radius 3 is 2.71 bits per heavy atom. The van der Waals surface area contributed by atoms with Crippen LogP contribution in [0, 0.1) is 0 Å². The van der Waals surface area contributed by atoms with Gasteiger partial charge in [0.15, 0.2) is 6.10 Å². The van der Waals surface area contributed by atoms with E-state index < -0.39 is 12.1 Å². The summed E-state index contributed by atoms with van der Waals surface area (Å²) in [5.41, 5.74) is 1.79. The van der Waals surface area contributed by atoms with Crippen molar-refractivity contribution in [3.05, 3.63) is 40.7 Å². The number of carboxylic acids is 1. The molecule has 1 aromatic heterocycles. The molecule has 17 heavy (non-hydrogen) atoms. The monoisotopic (exact) mass is 249 g/mol. The smallest absolute Gasteiger partial charge is 0.332 e. The third-order valence-corrected chi connectivity index (χ3v) is 3.15. The summed E-state index contributed by atoms with van der Waals surface area (Å²) in [6.07, 6.45) is -1.34. The highest BCUT2D eigenvalue weighted by atomic mass is 32.1. The fraction of sp³-hybridized carbons (Fsp3) is 0.167. The molecule has 2 rings (SSSR count). The Kier molecular flexibility index (Phi) is 3.51. The molecule has 4 nitrogen and oxygen atoms in total. The average Bonchev–Trinajstić information content (AvgIpc) is 2.78. The summed E-state index contributed by atoms with van der Waals surface area (Å²) in [5.74, 6) is -1.22. The average molecular weight is 249 g/mol. The summed E-state index contributed by atoms with van der Waals surface area (Å²) < 4.78 is 0. The largest absolute Gasteiger partial charge is 0.479 e. The molecule has 2 N–H and O–H groups in total. The van der Waals surface area contributed by atoms with Gasteiger partial charge in [-0.3, -0.25) is 0 Å². The van der Waals surface area contributed by atoms with Gasteiger partial charge in [-0.05, 0) is 0 Å². The molecule has 1 unspecified atom stereocenters. The Hall–Kier alpha value is -1.72. The van der Waals surface area contributed by atoms with E-state index in [9.17, 15) is 9.90 Å². The summed E-state index contributed by atoms with van der Waals surface area (Å²) in [7, 11) is 0. The van der Waals surface area contributed by atoms with Crippen molar-refractivity contribution in [2.45, 2.75) is 12.5 Å². The molecule has 0 saturated carbocycles. The molecule has 1 heterocycles. The van der Waals surface area contributed by atoms with Crippen molar-refractivity contribution in [3.63, 3.8) is 0 Å². The van der Waals surface area contributed by atoms with Crippen molar-refractivity contribution in [2.24, 2.45) is 0 Å². The van der Waals surface area contributed by atoms with E-state index in [-0.39, 0.29) is 6.42 Å². The first-order valence-corrected chi connectivity index (χ1v) is 5.95. The number of aliphatic carboxylic acids is 1. The van der Waals surface area contributed by atoms with Gasteiger partial charge in [0.25, 0.3) is 0 Å². The Labute approximate surface area is 102 Å². The first-order valence-electron chi connectivity index (χ1n) is 5.07. The van der Waals surface area contributed by atoms with Gasteiger partial charge in [-0.25, -0.2) is 9.78 Å². The first-order chi connectivity index (χ1) is 8.16. The normalized spacial score (nSPS) is 12.3. The SMILES string of the molecule is O=C(O)C(O)Cc1nc(-c2ccccc2)cs1. The topological polar surface area (TPSA) is 70.4 Å². The Balaban J connectivity index is 2.14. The molecule has 0 aliphatic rings. The zero-order chi connectivity index (χ0) is 12.3. The standard InChI is InChI=1S/C12H11NO3S/c14-10(12(15)16)6-11-13-9(7-17-11)8-4-2-1-3-5-8/h1-5,7,10,14H,6H2,(H,15,16). The van der Waals surface area contributed by atoms with Crippen LogP contribution in [0.2, 0.25) is 0 Å².